The van der Waals surface area contributed by atoms with E-state index in [1.807, 2.05) is 12.1 Å². The highest BCUT2D eigenvalue weighted by molar-refractivity contribution is 4.98. The van der Waals surface area contributed by atoms with Gasteiger partial charge in [0.2, 0.25) is 0 Å². The van der Waals surface area contributed by atoms with Gasteiger partial charge in [0.15, 0.2) is 0 Å². The maximum absolute atomic E-state index is 5.48. The van der Waals surface area contributed by atoms with E-state index in [0.717, 1.165) is 12.3 Å². The van der Waals surface area contributed by atoms with Crippen LogP contribution in [0.3, 0.4) is 0 Å². The first-order valence-corrected chi connectivity index (χ1v) is 5.68. The largest absolute Gasteiger partial charge is 0.468 e. The fourth-order valence-electron chi connectivity index (χ4n) is 2.26. The molecule has 0 aliphatic heterocycles. The number of furan rings is 1. The molecule has 3 heteroatoms. The molecule has 0 bridgehead atoms. The average molecular weight is 209 g/mol. The summed E-state index contributed by atoms with van der Waals surface area (Å²) in [7, 11) is 1.80. The molecular formula is C12H19NO2. The van der Waals surface area contributed by atoms with E-state index in [-0.39, 0.29) is 0 Å². The van der Waals surface area contributed by atoms with E-state index < -0.39 is 0 Å². The molecule has 2 rings (SSSR count). The van der Waals surface area contributed by atoms with Gasteiger partial charge in [-0.3, -0.25) is 0 Å². The Balaban J connectivity index is 1.81. The maximum atomic E-state index is 5.48. The lowest BCUT2D eigenvalue weighted by Gasteiger charge is -2.30. The highest BCUT2D eigenvalue weighted by atomic mass is 16.5. The molecule has 0 radical (unpaired) electrons. The molecule has 0 aromatic carbocycles. The van der Waals surface area contributed by atoms with Crippen LogP contribution in [0.25, 0.3) is 0 Å². The first-order valence-electron chi connectivity index (χ1n) is 5.68. The minimum atomic E-state index is 0.369. The second-order valence-corrected chi connectivity index (χ2v) is 4.13. The van der Waals surface area contributed by atoms with E-state index in [1.165, 1.54) is 25.7 Å². The first-order chi connectivity index (χ1) is 7.40. The SMILES string of the molecule is COC1CCCCC1NCc1ccco1. The van der Waals surface area contributed by atoms with Gasteiger partial charge in [-0.05, 0) is 25.0 Å². The number of nitrogens with one attached hydrogen (secondary N) is 1. The minimum absolute atomic E-state index is 0.369. The molecule has 0 amide bonds. The van der Waals surface area contributed by atoms with Crippen LogP contribution in [0.1, 0.15) is 31.4 Å². The lowest BCUT2D eigenvalue weighted by molar-refractivity contribution is 0.0407. The summed E-state index contributed by atoms with van der Waals surface area (Å²) in [6.07, 6.45) is 7.05. The van der Waals surface area contributed by atoms with Crippen LogP contribution >= 0.6 is 0 Å². The lowest BCUT2D eigenvalue weighted by Crippen LogP contribution is -2.42. The Labute approximate surface area is 90.8 Å². The maximum Gasteiger partial charge on any atom is 0.117 e. The Morgan fingerprint density at radius 2 is 2.33 bits per heavy atom. The van der Waals surface area contributed by atoms with E-state index in [1.54, 1.807) is 13.4 Å². The summed E-state index contributed by atoms with van der Waals surface area (Å²) in [6, 6.07) is 4.40. The van der Waals surface area contributed by atoms with Crippen LogP contribution in [0.5, 0.6) is 0 Å². The molecule has 15 heavy (non-hydrogen) atoms. The van der Waals surface area contributed by atoms with E-state index in [2.05, 4.69) is 5.32 Å². The highest BCUT2D eigenvalue weighted by Gasteiger charge is 2.24. The zero-order chi connectivity index (χ0) is 10.5. The molecule has 0 spiro atoms. The zero-order valence-corrected chi connectivity index (χ0v) is 9.24. The van der Waals surface area contributed by atoms with Gasteiger partial charge >= 0.3 is 0 Å². The summed E-state index contributed by atoms with van der Waals surface area (Å²) >= 11 is 0. The van der Waals surface area contributed by atoms with Crippen LogP contribution < -0.4 is 5.32 Å². The van der Waals surface area contributed by atoms with Crippen molar-refractivity contribution >= 4 is 0 Å². The Morgan fingerprint density at radius 3 is 3.07 bits per heavy atom. The third kappa shape index (κ3) is 2.83. The first kappa shape index (κ1) is 10.7. The molecule has 0 saturated heterocycles. The monoisotopic (exact) mass is 209 g/mol. The lowest BCUT2D eigenvalue weighted by atomic mass is 9.92. The molecule has 1 saturated carbocycles. The molecule has 3 nitrogen and oxygen atoms in total. The van der Waals surface area contributed by atoms with Gasteiger partial charge in [-0.25, -0.2) is 0 Å². The van der Waals surface area contributed by atoms with Crippen LogP contribution in [0.15, 0.2) is 22.8 Å². The van der Waals surface area contributed by atoms with Crippen molar-refractivity contribution in [3.05, 3.63) is 24.2 Å². The molecule has 84 valence electrons. The van der Waals surface area contributed by atoms with Gasteiger partial charge in [-0.2, -0.15) is 0 Å². The fourth-order valence-corrected chi connectivity index (χ4v) is 2.26. The number of hydrogen-bond acceptors (Lipinski definition) is 3. The minimum Gasteiger partial charge on any atom is -0.468 e. The fraction of sp³-hybridized carbons (Fsp3) is 0.667. The van der Waals surface area contributed by atoms with E-state index in [9.17, 15) is 0 Å². The van der Waals surface area contributed by atoms with Gasteiger partial charge in [0.25, 0.3) is 0 Å². The molecule has 1 aromatic rings. The predicted octanol–water partition coefficient (Wildman–Crippen LogP) is 2.33. The highest BCUT2D eigenvalue weighted by Crippen LogP contribution is 2.21. The van der Waals surface area contributed by atoms with Crippen LogP contribution in [0.2, 0.25) is 0 Å². The predicted molar refractivity (Wildman–Crippen MR) is 58.6 cm³/mol. The van der Waals surface area contributed by atoms with Crippen molar-refractivity contribution in [2.24, 2.45) is 0 Å². The summed E-state index contributed by atoms with van der Waals surface area (Å²) in [6.45, 7) is 0.803. The van der Waals surface area contributed by atoms with Gasteiger partial charge in [0.05, 0.1) is 18.9 Å². The summed E-state index contributed by atoms with van der Waals surface area (Å²) in [5.74, 6) is 0.996. The average Bonchev–Trinajstić information content (AvgIpc) is 2.79. The van der Waals surface area contributed by atoms with Crippen LogP contribution in [0.4, 0.5) is 0 Å². The number of rotatable bonds is 4. The van der Waals surface area contributed by atoms with Gasteiger partial charge in [0, 0.05) is 13.2 Å². The Morgan fingerprint density at radius 1 is 1.47 bits per heavy atom. The third-order valence-electron chi connectivity index (χ3n) is 3.12. The quantitative estimate of drug-likeness (QED) is 0.826. The van der Waals surface area contributed by atoms with Crippen molar-refractivity contribution in [2.75, 3.05) is 7.11 Å². The summed E-state index contributed by atoms with van der Waals surface area (Å²) < 4.78 is 10.8. The normalized spacial score (nSPS) is 26.7. The molecule has 1 aliphatic rings. The molecule has 1 N–H and O–H groups in total. The molecule has 1 aliphatic carbocycles. The van der Waals surface area contributed by atoms with Gasteiger partial charge in [-0.1, -0.05) is 12.8 Å². The summed E-state index contributed by atoms with van der Waals surface area (Å²) in [5.41, 5.74) is 0. The van der Waals surface area contributed by atoms with Crippen LogP contribution in [0, 0.1) is 0 Å². The molecule has 2 atom stereocenters. The van der Waals surface area contributed by atoms with Crippen molar-refractivity contribution in [3.63, 3.8) is 0 Å². The van der Waals surface area contributed by atoms with Crippen molar-refractivity contribution in [1.29, 1.82) is 0 Å². The van der Waals surface area contributed by atoms with Crippen molar-refractivity contribution < 1.29 is 9.15 Å². The summed E-state index contributed by atoms with van der Waals surface area (Å²) in [5, 5.41) is 3.51. The zero-order valence-electron chi connectivity index (χ0n) is 9.24. The molecule has 1 fully saturated rings. The number of methoxy groups -OCH3 is 1. The van der Waals surface area contributed by atoms with Crippen LogP contribution in [-0.2, 0) is 11.3 Å². The smallest absolute Gasteiger partial charge is 0.117 e. The van der Waals surface area contributed by atoms with Gasteiger partial charge in [-0.15, -0.1) is 0 Å². The Bertz CT molecular complexity index is 271. The van der Waals surface area contributed by atoms with Crippen molar-refractivity contribution in [2.45, 2.75) is 44.4 Å². The number of ether oxygens (including phenoxy) is 1. The van der Waals surface area contributed by atoms with Crippen LogP contribution in [-0.4, -0.2) is 19.3 Å². The standard InChI is InChI=1S/C12H19NO2/c1-14-12-7-3-2-6-11(12)13-9-10-5-4-8-15-10/h4-5,8,11-13H,2-3,6-7,9H2,1H3. The molecule has 1 heterocycles. The summed E-state index contributed by atoms with van der Waals surface area (Å²) in [4.78, 5) is 0. The van der Waals surface area contributed by atoms with E-state index in [0.29, 0.717) is 12.1 Å². The van der Waals surface area contributed by atoms with Crippen molar-refractivity contribution in [1.82, 2.24) is 5.32 Å². The van der Waals surface area contributed by atoms with E-state index >= 15 is 0 Å². The molecule has 1 aromatic heterocycles. The van der Waals surface area contributed by atoms with Gasteiger partial charge in [0.1, 0.15) is 5.76 Å². The van der Waals surface area contributed by atoms with E-state index in [4.69, 9.17) is 9.15 Å². The topological polar surface area (TPSA) is 34.4 Å². The molecular weight excluding hydrogens is 190 g/mol. The second kappa shape index (κ2) is 5.33. The number of hydrogen-bond donors (Lipinski definition) is 1. The third-order valence-corrected chi connectivity index (χ3v) is 3.12. The Kier molecular flexibility index (Phi) is 3.80. The second-order valence-electron chi connectivity index (χ2n) is 4.13. The Hall–Kier alpha value is -0.800. The van der Waals surface area contributed by atoms with Crippen molar-refractivity contribution in [3.8, 4) is 0 Å². The molecule has 2 unspecified atom stereocenters. The van der Waals surface area contributed by atoms with Gasteiger partial charge < -0.3 is 14.5 Å².